The Bertz CT molecular complexity index is 271. The van der Waals surface area contributed by atoms with E-state index in [-0.39, 0.29) is 17.6 Å². The van der Waals surface area contributed by atoms with Crippen LogP contribution < -0.4 is 5.11 Å². The Morgan fingerprint density at radius 3 is 2.33 bits per heavy atom. The molecule has 0 aromatic carbocycles. The topological polar surface area (TPSA) is 66.4 Å². The number of carboxylic acids is 1. The molecule has 0 aromatic heterocycles. The first-order valence-corrected chi connectivity index (χ1v) is 4.59. The molecule has 0 radical (unpaired) electrons. The second-order valence-electron chi connectivity index (χ2n) is 4.11. The average Bonchev–Trinajstić information content (AvgIpc) is 2.00. The summed E-state index contributed by atoms with van der Waals surface area (Å²) in [7, 11) is 3.45. The number of carbonyl (C=O) groups excluding carboxylic acids is 2. The standard InChI is InChI=1S/C10H17NO4/c1-8(2)10(14)15-6-5-11(3,4)7-9(12)13/h1,5-7H2,2-4H3. The number of hydrogen-bond acceptors (Lipinski definition) is 4. The zero-order valence-electron chi connectivity index (χ0n) is 9.41. The van der Waals surface area contributed by atoms with Crippen molar-refractivity contribution < 1.29 is 23.9 Å². The third-order valence-corrected chi connectivity index (χ3v) is 1.84. The Morgan fingerprint density at radius 1 is 1.40 bits per heavy atom. The van der Waals surface area contributed by atoms with Gasteiger partial charge >= 0.3 is 5.97 Å². The smallest absolute Gasteiger partial charge is 0.333 e. The molecular formula is C10H17NO4. The zero-order chi connectivity index (χ0) is 12.1. The molecule has 5 nitrogen and oxygen atoms in total. The van der Waals surface area contributed by atoms with Gasteiger partial charge in [-0.25, -0.2) is 4.79 Å². The number of aliphatic carboxylic acids is 1. The van der Waals surface area contributed by atoms with E-state index >= 15 is 0 Å². The van der Waals surface area contributed by atoms with E-state index in [0.29, 0.717) is 12.1 Å². The summed E-state index contributed by atoms with van der Waals surface area (Å²) in [6, 6.07) is 0. The number of ether oxygens (including phenoxy) is 1. The molecule has 0 aliphatic rings. The summed E-state index contributed by atoms with van der Waals surface area (Å²) in [4.78, 5) is 21.4. The molecule has 86 valence electrons. The second kappa shape index (κ2) is 5.50. The molecule has 0 saturated heterocycles. The molecule has 0 unspecified atom stereocenters. The van der Waals surface area contributed by atoms with Gasteiger partial charge in [-0.15, -0.1) is 0 Å². The van der Waals surface area contributed by atoms with Crippen molar-refractivity contribution >= 4 is 11.9 Å². The van der Waals surface area contributed by atoms with Gasteiger partial charge in [-0.3, -0.25) is 0 Å². The zero-order valence-corrected chi connectivity index (χ0v) is 9.41. The minimum atomic E-state index is -1.12. The van der Waals surface area contributed by atoms with Gasteiger partial charge in [0.25, 0.3) is 0 Å². The maximum absolute atomic E-state index is 11.0. The quantitative estimate of drug-likeness (QED) is 0.321. The Labute approximate surface area is 89.5 Å². The Balaban J connectivity index is 3.89. The Hall–Kier alpha value is -1.36. The number of esters is 1. The first-order chi connectivity index (χ1) is 6.74. The molecule has 0 aromatic rings. The molecule has 0 fully saturated rings. The van der Waals surface area contributed by atoms with E-state index in [9.17, 15) is 14.7 Å². The van der Waals surface area contributed by atoms with Gasteiger partial charge in [0.05, 0.1) is 20.1 Å². The lowest BCUT2D eigenvalue weighted by Gasteiger charge is -2.29. The van der Waals surface area contributed by atoms with Crippen LogP contribution in [0.25, 0.3) is 0 Å². The molecule has 0 saturated carbocycles. The van der Waals surface area contributed by atoms with Gasteiger partial charge < -0.3 is 19.1 Å². The first-order valence-electron chi connectivity index (χ1n) is 4.59. The highest BCUT2D eigenvalue weighted by atomic mass is 16.5. The van der Waals surface area contributed by atoms with Crippen molar-refractivity contribution in [2.75, 3.05) is 33.8 Å². The number of nitrogens with zero attached hydrogens (tertiary/aromatic N) is 1. The fourth-order valence-corrected chi connectivity index (χ4v) is 0.937. The molecule has 0 bridgehead atoms. The van der Waals surface area contributed by atoms with Crippen molar-refractivity contribution in [3.05, 3.63) is 12.2 Å². The van der Waals surface area contributed by atoms with Crippen molar-refractivity contribution in [1.82, 2.24) is 0 Å². The van der Waals surface area contributed by atoms with Crippen LogP contribution in [-0.2, 0) is 14.3 Å². The summed E-state index contributed by atoms with van der Waals surface area (Å²) in [5.41, 5.74) is 0.334. The van der Waals surface area contributed by atoms with Gasteiger partial charge in [-0.2, -0.15) is 0 Å². The Kier molecular flexibility index (Phi) is 5.00. The maximum Gasteiger partial charge on any atom is 0.333 e. The van der Waals surface area contributed by atoms with Crippen molar-refractivity contribution in [1.29, 1.82) is 0 Å². The molecule has 0 spiro atoms. The van der Waals surface area contributed by atoms with E-state index in [2.05, 4.69) is 6.58 Å². The third kappa shape index (κ3) is 6.68. The Morgan fingerprint density at radius 2 is 1.93 bits per heavy atom. The minimum absolute atomic E-state index is 0.107. The van der Waals surface area contributed by atoms with Crippen LogP contribution in [0.15, 0.2) is 12.2 Å². The SMILES string of the molecule is C=C(C)C(=O)OCC[N+](C)(C)CC(=O)[O-]. The van der Waals surface area contributed by atoms with Gasteiger partial charge in [0.1, 0.15) is 19.7 Å². The summed E-state index contributed by atoms with van der Waals surface area (Å²) < 4.78 is 5.07. The molecule has 0 amide bonds. The number of carbonyl (C=O) groups is 2. The van der Waals surface area contributed by atoms with Crippen LogP contribution in [0.3, 0.4) is 0 Å². The van der Waals surface area contributed by atoms with Crippen molar-refractivity contribution in [2.24, 2.45) is 0 Å². The first kappa shape index (κ1) is 13.6. The highest BCUT2D eigenvalue weighted by molar-refractivity contribution is 5.86. The molecule has 0 atom stereocenters. The summed E-state index contributed by atoms with van der Waals surface area (Å²) in [6.45, 7) is 5.48. The van der Waals surface area contributed by atoms with Crippen LogP contribution in [0.1, 0.15) is 6.92 Å². The van der Waals surface area contributed by atoms with Gasteiger partial charge in [0, 0.05) is 5.57 Å². The van der Waals surface area contributed by atoms with E-state index in [1.807, 2.05) is 0 Å². The normalized spacial score (nSPS) is 10.9. The van der Waals surface area contributed by atoms with E-state index in [1.165, 1.54) is 0 Å². The second-order valence-corrected chi connectivity index (χ2v) is 4.11. The third-order valence-electron chi connectivity index (χ3n) is 1.84. The van der Waals surface area contributed by atoms with Crippen LogP contribution in [-0.4, -0.2) is 50.2 Å². The molecule has 5 heteroatoms. The van der Waals surface area contributed by atoms with Crippen LogP contribution >= 0.6 is 0 Å². The molecule has 0 aliphatic carbocycles. The number of hydrogen-bond donors (Lipinski definition) is 0. The summed E-state index contributed by atoms with van der Waals surface area (Å²) in [5, 5.41) is 10.4. The molecule has 15 heavy (non-hydrogen) atoms. The van der Waals surface area contributed by atoms with Crippen LogP contribution in [0, 0.1) is 0 Å². The van der Waals surface area contributed by atoms with Crippen LogP contribution in [0.4, 0.5) is 0 Å². The van der Waals surface area contributed by atoms with Gasteiger partial charge in [-0.1, -0.05) is 6.58 Å². The van der Waals surface area contributed by atoms with E-state index in [0.717, 1.165) is 0 Å². The highest BCUT2D eigenvalue weighted by Crippen LogP contribution is 1.97. The van der Waals surface area contributed by atoms with E-state index in [1.54, 1.807) is 21.0 Å². The summed E-state index contributed by atoms with van der Waals surface area (Å²) >= 11 is 0. The fourth-order valence-electron chi connectivity index (χ4n) is 0.937. The average molecular weight is 215 g/mol. The lowest BCUT2D eigenvalue weighted by molar-refractivity contribution is -0.884. The van der Waals surface area contributed by atoms with Crippen molar-refractivity contribution in [3.8, 4) is 0 Å². The molecule has 0 rings (SSSR count). The number of rotatable bonds is 6. The predicted molar refractivity (Wildman–Crippen MR) is 52.6 cm³/mol. The predicted octanol–water partition coefficient (Wildman–Crippen LogP) is -1.07. The number of quaternary nitrogens is 1. The van der Waals surface area contributed by atoms with Crippen molar-refractivity contribution in [3.63, 3.8) is 0 Å². The van der Waals surface area contributed by atoms with Gasteiger partial charge in [-0.05, 0) is 6.92 Å². The minimum Gasteiger partial charge on any atom is -0.544 e. The maximum atomic E-state index is 11.0. The van der Waals surface area contributed by atoms with E-state index < -0.39 is 11.9 Å². The molecule has 0 heterocycles. The lowest BCUT2D eigenvalue weighted by Crippen LogP contribution is -2.50. The van der Waals surface area contributed by atoms with Crippen molar-refractivity contribution in [2.45, 2.75) is 6.92 Å². The highest BCUT2D eigenvalue weighted by Gasteiger charge is 2.16. The number of likely N-dealkylation sites (N-methyl/N-ethyl adjacent to an activating group) is 1. The summed E-state index contributed by atoms with van der Waals surface area (Å²) in [6.07, 6.45) is 0. The molecule has 0 N–H and O–H groups in total. The van der Waals surface area contributed by atoms with Crippen LogP contribution in [0.2, 0.25) is 0 Å². The van der Waals surface area contributed by atoms with Crippen LogP contribution in [0.5, 0.6) is 0 Å². The fraction of sp³-hybridized carbons (Fsp3) is 0.600. The summed E-state index contributed by atoms with van der Waals surface area (Å²) in [5.74, 6) is -1.57. The molecular weight excluding hydrogens is 198 g/mol. The van der Waals surface area contributed by atoms with Gasteiger partial charge in [0.2, 0.25) is 0 Å². The van der Waals surface area contributed by atoms with Gasteiger partial charge in [0.15, 0.2) is 0 Å². The molecule has 0 aliphatic heterocycles. The monoisotopic (exact) mass is 215 g/mol. The largest absolute Gasteiger partial charge is 0.544 e. The number of carboxylic acid groups (broad SMARTS) is 1. The van der Waals surface area contributed by atoms with E-state index in [4.69, 9.17) is 4.74 Å². The lowest BCUT2D eigenvalue weighted by atomic mass is 10.4.